The lowest BCUT2D eigenvalue weighted by atomic mass is 10.1. The number of carbonyl (C=O) groups excluding carboxylic acids is 3. The number of hydrogen-bond acceptors (Lipinski definition) is 5. The summed E-state index contributed by atoms with van der Waals surface area (Å²) in [5, 5.41) is 3.27. The molecule has 0 radical (unpaired) electrons. The second kappa shape index (κ2) is 8.94. The van der Waals surface area contributed by atoms with Crippen LogP contribution in [-0.4, -0.2) is 24.8 Å². The number of carbonyl (C=O) groups is 3. The zero-order chi connectivity index (χ0) is 21.0. The summed E-state index contributed by atoms with van der Waals surface area (Å²) in [6, 6.07) is 12.8. The topological polar surface area (TPSA) is 85.6 Å². The first-order valence-corrected chi connectivity index (χ1v) is 9.21. The van der Waals surface area contributed by atoms with Crippen molar-refractivity contribution in [2.75, 3.05) is 11.9 Å². The molecule has 0 bridgehead atoms. The molecule has 0 aliphatic carbocycles. The Bertz CT molecular complexity index is 1090. The van der Waals surface area contributed by atoms with Crippen LogP contribution in [-0.2, 0) is 9.53 Å². The van der Waals surface area contributed by atoms with Crippen molar-refractivity contribution in [1.29, 1.82) is 0 Å². The van der Waals surface area contributed by atoms with Crippen molar-refractivity contribution in [3.8, 4) is 11.3 Å². The molecule has 0 spiro atoms. The smallest absolute Gasteiger partial charge is 0.340 e. The van der Waals surface area contributed by atoms with Gasteiger partial charge >= 0.3 is 5.97 Å². The molecule has 3 rings (SSSR count). The number of hydrogen-bond donors (Lipinski definition) is 1. The van der Waals surface area contributed by atoms with E-state index in [2.05, 4.69) is 5.32 Å². The number of rotatable bonds is 6. The van der Waals surface area contributed by atoms with E-state index in [1.54, 1.807) is 30.3 Å². The molecule has 2 aromatic carbocycles. The van der Waals surface area contributed by atoms with E-state index in [0.29, 0.717) is 28.3 Å². The van der Waals surface area contributed by atoms with Crippen LogP contribution < -0.4 is 5.32 Å². The van der Waals surface area contributed by atoms with Crippen LogP contribution in [0.4, 0.5) is 5.69 Å². The average molecular weight is 432 g/mol. The Kier molecular flexibility index (Phi) is 6.36. The van der Waals surface area contributed by atoms with Gasteiger partial charge in [0, 0.05) is 16.3 Å². The van der Waals surface area contributed by atoms with E-state index in [1.807, 2.05) is 6.92 Å². The molecule has 0 aliphatic rings. The fourth-order valence-electron chi connectivity index (χ4n) is 2.53. The number of ether oxygens (including phenoxy) is 1. The molecule has 1 amide bonds. The Balaban J connectivity index is 1.68. The third kappa shape index (κ3) is 5.04. The normalized spacial score (nSPS) is 10.4. The van der Waals surface area contributed by atoms with E-state index in [0.717, 1.165) is 5.56 Å². The molecular weight excluding hydrogens is 417 g/mol. The van der Waals surface area contributed by atoms with Crippen molar-refractivity contribution >= 4 is 47.1 Å². The van der Waals surface area contributed by atoms with Crippen LogP contribution >= 0.6 is 23.2 Å². The van der Waals surface area contributed by atoms with Gasteiger partial charge in [-0.15, -0.1) is 0 Å². The molecule has 29 heavy (non-hydrogen) atoms. The fourth-order valence-corrected chi connectivity index (χ4v) is 2.90. The minimum Gasteiger partial charge on any atom is -0.453 e. The molecule has 0 saturated carbocycles. The van der Waals surface area contributed by atoms with Crippen molar-refractivity contribution in [2.45, 2.75) is 6.92 Å². The van der Waals surface area contributed by atoms with Gasteiger partial charge in [0.15, 0.2) is 18.7 Å². The Morgan fingerprint density at radius 2 is 1.90 bits per heavy atom. The van der Waals surface area contributed by atoms with E-state index in [9.17, 15) is 14.4 Å². The summed E-state index contributed by atoms with van der Waals surface area (Å²) in [7, 11) is 0. The van der Waals surface area contributed by atoms with Crippen molar-refractivity contribution in [2.24, 2.45) is 0 Å². The maximum atomic E-state index is 12.4. The van der Waals surface area contributed by atoms with Crippen molar-refractivity contribution in [1.82, 2.24) is 0 Å². The zero-order valence-corrected chi connectivity index (χ0v) is 16.7. The number of nitrogens with one attached hydrogen (secondary N) is 1. The molecule has 0 fully saturated rings. The molecule has 1 N–H and O–H groups in total. The van der Waals surface area contributed by atoms with E-state index >= 15 is 0 Å². The van der Waals surface area contributed by atoms with Gasteiger partial charge in [0.2, 0.25) is 0 Å². The molecule has 0 unspecified atom stereocenters. The molecular formula is C21H15Cl2NO5. The number of esters is 1. The van der Waals surface area contributed by atoms with Crippen LogP contribution in [0.25, 0.3) is 11.3 Å². The number of furan rings is 1. The van der Waals surface area contributed by atoms with Crippen LogP contribution in [0, 0.1) is 6.92 Å². The first kappa shape index (κ1) is 20.6. The van der Waals surface area contributed by atoms with Crippen LogP contribution in [0.1, 0.15) is 26.5 Å². The summed E-state index contributed by atoms with van der Waals surface area (Å²) in [6.45, 7) is 1.31. The molecule has 1 heterocycles. The van der Waals surface area contributed by atoms with Gasteiger partial charge in [-0.3, -0.25) is 9.59 Å². The van der Waals surface area contributed by atoms with Gasteiger partial charge in [-0.05, 0) is 55.0 Å². The molecule has 0 saturated heterocycles. The monoisotopic (exact) mass is 431 g/mol. The van der Waals surface area contributed by atoms with Crippen molar-refractivity contribution in [3.63, 3.8) is 0 Å². The first-order chi connectivity index (χ1) is 13.9. The summed E-state index contributed by atoms with van der Waals surface area (Å²) in [4.78, 5) is 35.3. The Morgan fingerprint density at radius 1 is 1.10 bits per heavy atom. The quantitative estimate of drug-likeness (QED) is 0.429. The number of benzene rings is 2. The van der Waals surface area contributed by atoms with Gasteiger partial charge in [-0.25, -0.2) is 4.79 Å². The number of amides is 1. The standard InChI is InChI=1S/C21H15Cl2NO5/c1-12-2-4-14(22)9-18(12)24-20(26)11-28-21(27)16-8-13(3-6-17(16)23)19-7-5-15(10-25)29-19/h2-10H,11H2,1H3,(H,24,26). The lowest BCUT2D eigenvalue weighted by Crippen LogP contribution is -2.21. The summed E-state index contributed by atoms with van der Waals surface area (Å²) >= 11 is 12.0. The highest BCUT2D eigenvalue weighted by molar-refractivity contribution is 6.33. The molecule has 3 aromatic rings. The molecule has 6 nitrogen and oxygen atoms in total. The lowest BCUT2D eigenvalue weighted by Gasteiger charge is -2.10. The molecule has 0 aliphatic heterocycles. The predicted octanol–water partition coefficient (Wildman–Crippen LogP) is 5.17. The molecule has 0 atom stereocenters. The first-order valence-electron chi connectivity index (χ1n) is 8.45. The van der Waals surface area contributed by atoms with Gasteiger partial charge < -0.3 is 14.5 Å². The third-order valence-electron chi connectivity index (χ3n) is 4.02. The van der Waals surface area contributed by atoms with Crippen molar-refractivity contribution < 1.29 is 23.5 Å². The molecule has 148 valence electrons. The highest BCUT2D eigenvalue weighted by atomic mass is 35.5. The summed E-state index contributed by atoms with van der Waals surface area (Å²) < 4.78 is 10.4. The highest BCUT2D eigenvalue weighted by Gasteiger charge is 2.17. The fraction of sp³-hybridized carbons (Fsp3) is 0.0952. The van der Waals surface area contributed by atoms with Crippen LogP contribution in [0.3, 0.4) is 0 Å². The van der Waals surface area contributed by atoms with E-state index in [-0.39, 0.29) is 16.3 Å². The highest BCUT2D eigenvalue weighted by Crippen LogP contribution is 2.27. The Hall–Kier alpha value is -3.09. The maximum Gasteiger partial charge on any atom is 0.340 e. The van der Waals surface area contributed by atoms with Crippen LogP contribution in [0.5, 0.6) is 0 Å². The maximum absolute atomic E-state index is 12.4. The number of aryl methyl sites for hydroxylation is 1. The Morgan fingerprint density at radius 3 is 2.62 bits per heavy atom. The van der Waals surface area contributed by atoms with Gasteiger partial charge in [-0.1, -0.05) is 29.3 Å². The number of aldehydes is 1. The minimum atomic E-state index is -0.767. The van der Waals surface area contributed by atoms with E-state index in [1.165, 1.54) is 18.2 Å². The number of anilines is 1. The van der Waals surface area contributed by atoms with Gasteiger partial charge in [0.1, 0.15) is 5.76 Å². The van der Waals surface area contributed by atoms with Crippen molar-refractivity contribution in [3.05, 3.63) is 75.5 Å². The summed E-state index contributed by atoms with van der Waals surface area (Å²) in [5.74, 6) is -0.728. The predicted molar refractivity (Wildman–Crippen MR) is 110 cm³/mol. The SMILES string of the molecule is Cc1ccc(Cl)cc1NC(=O)COC(=O)c1cc(-c2ccc(C=O)o2)ccc1Cl. The third-order valence-corrected chi connectivity index (χ3v) is 4.59. The zero-order valence-electron chi connectivity index (χ0n) is 15.2. The average Bonchev–Trinajstić information content (AvgIpc) is 3.18. The largest absolute Gasteiger partial charge is 0.453 e. The van der Waals surface area contributed by atoms with E-state index < -0.39 is 18.5 Å². The van der Waals surface area contributed by atoms with Gasteiger partial charge in [-0.2, -0.15) is 0 Å². The summed E-state index contributed by atoms with van der Waals surface area (Å²) in [5.41, 5.74) is 1.95. The second-order valence-corrected chi connectivity index (χ2v) is 6.94. The van der Waals surface area contributed by atoms with Crippen LogP contribution in [0.2, 0.25) is 10.0 Å². The second-order valence-electron chi connectivity index (χ2n) is 6.10. The van der Waals surface area contributed by atoms with Gasteiger partial charge in [0.05, 0.1) is 10.6 Å². The van der Waals surface area contributed by atoms with E-state index in [4.69, 9.17) is 32.4 Å². The number of halogens is 2. The Labute approximate surface area is 176 Å². The minimum absolute atomic E-state index is 0.0694. The molecule has 8 heteroatoms. The van der Waals surface area contributed by atoms with Crippen LogP contribution in [0.15, 0.2) is 52.9 Å². The molecule has 1 aromatic heterocycles. The van der Waals surface area contributed by atoms with Gasteiger partial charge in [0.25, 0.3) is 5.91 Å². The lowest BCUT2D eigenvalue weighted by molar-refractivity contribution is -0.119. The summed E-state index contributed by atoms with van der Waals surface area (Å²) in [6.07, 6.45) is 0.578.